The van der Waals surface area contributed by atoms with E-state index in [1.54, 1.807) is 13.2 Å². The molecule has 2 aromatic carbocycles. The lowest BCUT2D eigenvalue weighted by Crippen LogP contribution is -2.76. The van der Waals surface area contributed by atoms with E-state index in [2.05, 4.69) is 36.0 Å². The van der Waals surface area contributed by atoms with Gasteiger partial charge in [0.1, 0.15) is 18.3 Å². The molecule has 10 rings (SSSR count). The van der Waals surface area contributed by atoms with Gasteiger partial charge in [-0.3, -0.25) is 0 Å². The van der Waals surface area contributed by atoms with Crippen LogP contribution in [0.25, 0.3) is 0 Å². The zero-order valence-electron chi connectivity index (χ0n) is 26.4. The Morgan fingerprint density at radius 1 is 0.913 bits per heavy atom. The number of ether oxygens (including phenoxy) is 5. The van der Waals surface area contributed by atoms with Crippen LogP contribution in [0.4, 0.5) is 4.79 Å². The number of methoxy groups -OCH3 is 1. The molecule has 2 aromatic rings. The summed E-state index contributed by atoms with van der Waals surface area (Å²) in [5.74, 6) is 2.15. The molecule has 5 unspecified atom stereocenters. The number of likely N-dealkylation sites (N-methyl/N-ethyl adjacent to an activating group) is 2. The number of aromatic hydroxyl groups is 1. The summed E-state index contributed by atoms with van der Waals surface area (Å²) in [6, 6.07) is 8.04. The van der Waals surface area contributed by atoms with Crippen molar-refractivity contribution in [1.82, 2.24) is 9.80 Å². The third kappa shape index (κ3) is 3.03. The lowest BCUT2D eigenvalue weighted by Gasteiger charge is -2.63. The van der Waals surface area contributed by atoms with Crippen LogP contribution in [-0.2, 0) is 33.1 Å². The SMILES string of the molecule is COc1ccc2c3c1O[C@H]1C(OC(=O)O[C@H]4C=CC5C6Cc7ccc(O)c8c7[C@@]5(CCN6C)C4O8)CC[C@@]4(O)C(C2)N(C)CC[C@]314. The van der Waals surface area contributed by atoms with Crippen molar-refractivity contribution in [1.29, 1.82) is 0 Å². The second-order valence-electron chi connectivity index (χ2n) is 15.0. The van der Waals surface area contributed by atoms with Crippen molar-refractivity contribution in [3.63, 3.8) is 0 Å². The average molecular weight is 629 g/mol. The van der Waals surface area contributed by atoms with Gasteiger partial charge in [-0.2, -0.15) is 0 Å². The Hall–Kier alpha value is -3.47. The third-order valence-electron chi connectivity index (χ3n) is 13.5. The fraction of sp³-hybridized carbons (Fsp3) is 0.583. The summed E-state index contributed by atoms with van der Waals surface area (Å²) >= 11 is 0. The van der Waals surface area contributed by atoms with Gasteiger partial charge in [-0.15, -0.1) is 0 Å². The molecular formula is C36H40N2O8. The summed E-state index contributed by atoms with van der Waals surface area (Å²) in [4.78, 5) is 18.5. The van der Waals surface area contributed by atoms with E-state index < -0.39 is 41.6 Å². The molecule has 10 heteroatoms. The monoisotopic (exact) mass is 628 g/mol. The lowest BCUT2D eigenvalue weighted by atomic mass is 9.48. The second-order valence-corrected chi connectivity index (χ2v) is 15.0. The van der Waals surface area contributed by atoms with E-state index in [-0.39, 0.29) is 23.1 Å². The fourth-order valence-electron chi connectivity index (χ4n) is 11.6. The second kappa shape index (κ2) is 8.90. The summed E-state index contributed by atoms with van der Waals surface area (Å²) in [5.41, 5.74) is 2.35. The number of nitrogens with zero attached hydrogens (tertiary/aromatic N) is 2. The topological polar surface area (TPSA) is 110 Å². The number of phenolic OH excluding ortho intramolecular Hbond substituents is 1. The first-order chi connectivity index (χ1) is 22.2. The predicted molar refractivity (Wildman–Crippen MR) is 165 cm³/mol. The number of phenols is 1. The molecule has 10 nitrogen and oxygen atoms in total. The Morgan fingerprint density at radius 2 is 1.70 bits per heavy atom. The van der Waals surface area contributed by atoms with E-state index >= 15 is 0 Å². The molecule has 4 aliphatic heterocycles. The predicted octanol–water partition coefficient (Wildman–Crippen LogP) is 3.22. The molecule has 242 valence electrons. The van der Waals surface area contributed by atoms with Crippen LogP contribution < -0.4 is 14.2 Å². The lowest BCUT2D eigenvalue weighted by molar-refractivity contribution is -0.207. The van der Waals surface area contributed by atoms with Gasteiger partial charge in [-0.05, 0) is 95.0 Å². The van der Waals surface area contributed by atoms with Crippen molar-refractivity contribution in [2.75, 3.05) is 34.3 Å². The van der Waals surface area contributed by atoms with Crippen molar-refractivity contribution < 1.29 is 38.7 Å². The minimum atomic E-state index is -1.02. The van der Waals surface area contributed by atoms with Crippen LogP contribution in [-0.4, -0.2) is 103 Å². The van der Waals surface area contributed by atoms with Gasteiger partial charge in [0.15, 0.2) is 29.1 Å². The van der Waals surface area contributed by atoms with E-state index in [4.69, 9.17) is 23.7 Å². The summed E-state index contributed by atoms with van der Waals surface area (Å²) < 4.78 is 31.4. The summed E-state index contributed by atoms with van der Waals surface area (Å²) in [6.45, 7) is 1.70. The molecule has 0 amide bonds. The highest BCUT2D eigenvalue weighted by atomic mass is 16.7. The third-order valence-corrected chi connectivity index (χ3v) is 13.5. The van der Waals surface area contributed by atoms with E-state index in [1.165, 1.54) is 5.56 Å². The normalized spacial score (nSPS) is 42.0. The first-order valence-electron chi connectivity index (χ1n) is 16.8. The van der Waals surface area contributed by atoms with Crippen molar-refractivity contribution in [3.05, 3.63) is 58.7 Å². The largest absolute Gasteiger partial charge is 0.509 e. The Morgan fingerprint density at radius 3 is 2.54 bits per heavy atom. The van der Waals surface area contributed by atoms with E-state index in [9.17, 15) is 15.0 Å². The molecule has 0 aromatic heterocycles. The number of hydrogen-bond acceptors (Lipinski definition) is 10. The summed E-state index contributed by atoms with van der Waals surface area (Å²) in [7, 11) is 5.89. The molecular weight excluding hydrogens is 588 g/mol. The van der Waals surface area contributed by atoms with Crippen LogP contribution in [0.15, 0.2) is 36.4 Å². The van der Waals surface area contributed by atoms with E-state index in [0.29, 0.717) is 42.6 Å². The zero-order valence-corrected chi connectivity index (χ0v) is 26.4. The van der Waals surface area contributed by atoms with Gasteiger partial charge >= 0.3 is 6.16 Å². The van der Waals surface area contributed by atoms with Gasteiger partial charge in [-0.25, -0.2) is 4.79 Å². The van der Waals surface area contributed by atoms with E-state index in [0.717, 1.165) is 49.0 Å². The highest BCUT2D eigenvalue weighted by Crippen LogP contribution is 2.66. The van der Waals surface area contributed by atoms with Crippen LogP contribution in [0.3, 0.4) is 0 Å². The van der Waals surface area contributed by atoms with Crippen LogP contribution in [0.1, 0.15) is 47.9 Å². The van der Waals surface area contributed by atoms with Gasteiger partial charge in [0.2, 0.25) is 0 Å². The Bertz CT molecular complexity index is 1730. The van der Waals surface area contributed by atoms with E-state index in [1.807, 2.05) is 18.2 Å². The van der Waals surface area contributed by atoms with Gasteiger partial charge in [0.25, 0.3) is 0 Å². The maximum absolute atomic E-state index is 13.8. The van der Waals surface area contributed by atoms with Gasteiger partial charge in [0, 0.05) is 34.5 Å². The minimum Gasteiger partial charge on any atom is -0.504 e. The van der Waals surface area contributed by atoms with Crippen LogP contribution in [0.2, 0.25) is 0 Å². The summed E-state index contributed by atoms with van der Waals surface area (Å²) in [5, 5.41) is 23.4. The highest BCUT2D eigenvalue weighted by molar-refractivity contribution is 5.66. The molecule has 4 bridgehead atoms. The fourth-order valence-corrected chi connectivity index (χ4v) is 11.6. The molecule has 46 heavy (non-hydrogen) atoms. The molecule has 8 aliphatic rings. The Kier molecular flexibility index (Phi) is 5.35. The highest BCUT2D eigenvalue weighted by Gasteiger charge is 2.73. The molecule has 2 saturated heterocycles. The number of aliphatic hydroxyl groups is 1. The van der Waals surface area contributed by atoms with Gasteiger partial charge in [-0.1, -0.05) is 18.2 Å². The van der Waals surface area contributed by atoms with Gasteiger partial charge < -0.3 is 43.7 Å². The summed E-state index contributed by atoms with van der Waals surface area (Å²) in [6.07, 6.45) is 5.16. The van der Waals surface area contributed by atoms with Crippen LogP contribution >= 0.6 is 0 Å². The molecule has 3 fully saturated rings. The van der Waals surface area contributed by atoms with Crippen LogP contribution in [0, 0.1) is 5.92 Å². The number of hydrogen-bond donors (Lipinski definition) is 2. The first-order valence-corrected chi connectivity index (χ1v) is 16.8. The maximum Gasteiger partial charge on any atom is 0.509 e. The molecule has 4 aliphatic carbocycles. The number of likely N-dealkylation sites (tertiary alicyclic amines) is 2. The van der Waals surface area contributed by atoms with Crippen LogP contribution in [0.5, 0.6) is 23.0 Å². The average Bonchev–Trinajstić information content (AvgIpc) is 3.58. The Balaban J connectivity index is 0.971. The quantitative estimate of drug-likeness (QED) is 0.389. The standard InChI is InChI=1S/C36H40N2O8/c1-37-14-12-34-20-6-9-24(31(34)45-29-22(39)7-4-18(27(29)34)16-21(20)37)43-33(40)44-25-10-11-36(41)26-17-19-5-8-23(42-3)30-28(19)35(36,32(25)46-30)13-15-38(26)2/h4-9,20-21,24-26,31-32,39,41H,10-17H2,1-3H3/t20?,21?,24-,25?,26?,31?,32-,34-,35-,36+/m0/s1. The number of benzene rings is 2. The minimum absolute atomic E-state index is 0.0528. The Labute approximate surface area is 267 Å². The number of carbonyl (C=O) groups excluding carboxylic acids is 1. The molecule has 2 N–H and O–H groups in total. The van der Waals surface area contributed by atoms with Crippen molar-refractivity contribution in [3.8, 4) is 23.0 Å². The maximum atomic E-state index is 13.8. The molecule has 1 saturated carbocycles. The number of rotatable bonds is 3. The number of piperidine rings is 2. The molecule has 2 spiro atoms. The van der Waals surface area contributed by atoms with Crippen molar-refractivity contribution >= 4 is 6.16 Å². The number of carbonyl (C=O) groups is 1. The molecule has 4 heterocycles. The van der Waals surface area contributed by atoms with Gasteiger partial charge in [0.05, 0.1) is 18.1 Å². The first kappa shape index (κ1) is 27.6. The zero-order chi connectivity index (χ0) is 31.3. The molecule has 10 atom stereocenters. The van der Waals surface area contributed by atoms with Crippen molar-refractivity contribution in [2.24, 2.45) is 5.92 Å². The van der Waals surface area contributed by atoms with Crippen molar-refractivity contribution in [2.45, 2.75) is 91.5 Å². The molecule has 0 radical (unpaired) electrons. The smallest absolute Gasteiger partial charge is 0.504 e.